The normalized spacial score (nSPS) is 15.2. The van der Waals surface area contributed by atoms with E-state index in [-0.39, 0.29) is 5.91 Å². The molecule has 0 bridgehead atoms. The van der Waals surface area contributed by atoms with Gasteiger partial charge in [-0.05, 0) is 42.8 Å². The van der Waals surface area contributed by atoms with Crippen LogP contribution in [0.25, 0.3) is 0 Å². The van der Waals surface area contributed by atoms with Crippen molar-refractivity contribution >= 4 is 52.1 Å². The van der Waals surface area contributed by atoms with Crippen molar-refractivity contribution in [3.63, 3.8) is 0 Å². The molecule has 1 saturated heterocycles. The molecule has 1 aliphatic heterocycles. The number of quaternary nitrogens is 1. The molecule has 4 nitrogen and oxygen atoms in total. The van der Waals surface area contributed by atoms with E-state index in [1.807, 2.05) is 18.2 Å². The van der Waals surface area contributed by atoms with Gasteiger partial charge in [0.05, 0.1) is 36.9 Å². The molecule has 0 aromatic heterocycles. The fraction of sp³-hybridized carbons (Fsp3) is 0.316. The summed E-state index contributed by atoms with van der Waals surface area (Å²) in [7, 11) is 0. The highest BCUT2D eigenvalue weighted by Crippen LogP contribution is 2.25. The molecule has 7 heteroatoms. The Morgan fingerprint density at radius 3 is 2.42 bits per heavy atom. The van der Waals surface area contributed by atoms with Crippen LogP contribution in [0.4, 0.5) is 11.4 Å². The molecule has 2 aromatic rings. The number of carbonyl (C=O) groups is 1. The topological polar surface area (TPSA) is 36.8 Å². The number of hydrogen-bond acceptors (Lipinski definition) is 2. The number of aryl methyl sites for hydroxylation is 1. The zero-order chi connectivity index (χ0) is 18.7. The molecule has 26 heavy (non-hydrogen) atoms. The van der Waals surface area contributed by atoms with Crippen LogP contribution in [0.1, 0.15) is 5.56 Å². The van der Waals surface area contributed by atoms with Gasteiger partial charge in [0, 0.05) is 15.7 Å². The van der Waals surface area contributed by atoms with Crippen LogP contribution in [0.15, 0.2) is 36.4 Å². The molecule has 0 spiro atoms. The first-order valence-electron chi connectivity index (χ1n) is 8.52. The number of carbonyl (C=O) groups excluding carboxylic acids is 1. The zero-order valence-corrected chi connectivity index (χ0v) is 16.8. The predicted octanol–water partition coefficient (Wildman–Crippen LogP) is 3.30. The van der Waals surface area contributed by atoms with Crippen LogP contribution in [0, 0.1) is 6.92 Å². The Balaban J connectivity index is 1.53. The molecule has 0 saturated carbocycles. The summed E-state index contributed by atoms with van der Waals surface area (Å²) in [5.41, 5.74) is 2.98. The second-order valence-corrected chi connectivity index (χ2v) is 7.80. The van der Waals surface area contributed by atoms with Crippen molar-refractivity contribution in [2.24, 2.45) is 0 Å². The van der Waals surface area contributed by atoms with Gasteiger partial charge in [0.15, 0.2) is 6.54 Å². The van der Waals surface area contributed by atoms with Crippen LogP contribution in [-0.4, -0.2) is 38.6 Å². The number of amides is 1. The van der Waals surface area contributed by atoms with Gasteiger partial charge in [0.25, 0.3) is 5.91 Å². The molecule has 1 amide bonds. The monoisotopic (exact) mass is 412 g/mol. The van der Waals surface area contributed by atoms with E-state index in [0.717, 1.165) is 31.2 Å². The van der Waals surface area contributed by atoms with E-state index in [1.54, 1.807) is 18.2 Å². The quantitative estimate of drug-likeness (QED) is 0.807. The van der Waals surface area contributed by atoms with Crippen LogP contribution in [0.5, 0.6) is 0 Å². The minimum atomic E-state index is -0.0448. The Hall–Kier alpha value is -1.46. The van der Waals surface area contributed by atoms with Crippen LogP contribution in [0.3, 0.4) is 0 Å². The number of anilines is 2. The van der Waals surface area contributed by atoms with Crippen LogP contribution in [-0.2, 0) is 4.79 Å². The van der Waals surface area contributed by atoms with Gasteiger partial charge in [-0.25, -0.2) is 0 Å². The number of halogens is 3. The number of nitrogens with one attached hydrogen (secondary N) is 2. The summed E-state index contributed by atoms with van der Waals surface area (Å²) in [6.07, 6.45) is 0. The van der Waals surface area contributed by atoms with Gasteiger partial charge in [-0.1, -0.05) is 40.9 Å². The van der Waals surface area contributed by atoms with Crippen molar-refractivity contribution in [1.29, 1.82) is 0 Å². The third-order valence-corrected chi connectivity index (χ3v) is 5.38. The molecule has 0 atom stereocenters. The number of nitrogens with zero attached hydrogens (tertiary/aromatic N) is 1. The first-order valence-corrected chi connectivity index (χ1v) is 9.65. The molecule has 138 valence electrons. The van der Waals surface area contributed by atoms with Crippen LogP contribution in [0.2, 0.25) is 15.1 Å². The summed E-state index contributed by atoms with van der Waals surface area (Å²) >= 11 is 18.1. The highest BCUT2D eigenvalue weighted by atomic mass is 35.5. The molecule has 0 radical (unpaired) electrons. The van der Waals surface area contributed by atoms with Gasteiger partial charge < -0.3 is 15.1 Å². The average molecular weight is 414 g/mol. The van der Waals surface area contributed by atoms with E-state index in [0.29, 0.717) is 22.3 Å². The Bertz CT molecular complexity index is 805. The van der Waals surface area contributed by atoms with Gasteiger partial charge in [0.2, 0.25) is 0 Å². The summed E-state index contributed by atoms with van der Waals surface area (Å²) in [6.45, 7) is 6.09. The van der Waals surface area contributed by atoms with Crippen LogP contribution >= 0.6 is 34.8 Å². The molecule has 1 aliphatic rings. The number of benzene rings is 2. The number of piperazine rings is 1. The molecule has 1 heterocycles. The van der Waals surface area contributed by atoms with Crippen molar-refractivity contribution in [3.05, 3.63) is 57.0 Å². The lowest BCUT2D eigenvalue weighted by Crippen LogP contribution is -3.15. The first-order chi connectivity index (χ1) is 12.4. The van der Waals surface area contributed by atoms with Crippen molar-refractivity contribution in [2.45, 2.75) is 6.92 Å². The van der Waals surface area contributed by atoms with Gasteiger partial charge in [-0.2, -0.15) is 0 Å². The molecule has 0 aliphatic carbocycles. The molecular weight excluding hydrogens is 393 g/mol. The average Bonchev–Trinajstić information content (AvgIpc) is 2.60. The van der Waals surface area contributed by atoms with Crippen LogP contribution < -0.4 is 15.1 Å². The molecule has 1 fully saturated rings. The lowest BCUT2D eigenvalue weighted by molar-refractivity contribution is -0.892. The smallest absolute Gasteiger partial charge is 0.279 e. The summed E-state index contributed by atoms with van der Waals surface area (Å²) < 4.78 is 0. The maximum Gasteiger partial charge on any atom is 0.279 e. The van der Waals surface area contributed by atoms with Gasteiger partial charge in [-0.15, -0.1) is 0 Å². The highest BCUT2D eigenvalue weighted by Gasteiger charge is 2.23. The Morgan fingerprint density at radius 1 is 1.08 bits per heavy atom. The van der Waals surface area contributed by atoms with Crippen molar-refractivity contribution in [1.82, 2.24) is 0 Å². The van der Waals surface area contributed by atoms with Gasteiger partial charge in [0.1, 0.15) is 0 Å². The Morgan fingerprint density at radius 2 is 1.73 bits per heavy atom. The second-order valence-electron chi connectivity index (χ2n) is 6.52. The third kappa shape index (κ3) is 4.83. The van der Waals surface area contributed by atoms with E-state index in [2.05, 4.69) is 17.1 Å². The lowest BCUT2D eigenvalue weighted by atomic mass is 10.1. The summed E-state index contributed by atoms with van der Waals surface area (Å²) in [5.74, 6) is -0.0448. The van der Waals surface area contributed by atoms with Crippen molar-refractivity contribution in [2.75, 3.05) is 42.9 Å². The summed E-state index contributed by atoms with van der Waals surface area (Å²) in [6, 6.07) is 11.0. The summed E-state index contributed by atoms with van der Waals surface area (Å²) in [5, 5.41) is 4.61. The van der Waals surface area contributed by atoms with E-state index in [4.69, 9.17) is 34.8 Å². The second kappa shape index (κ2) is 8.49. The Kier molecular flexibility index (Phi) is 6.30. The van der Waals surface area contributed by atoms with E-state index >= 15 is 0 Å². The van der Waals surface area contributed by atoms with Crippen molar-refractivity contribution < 1.29 is 9.69 Å². The minimum absolute atomic E-state index is 0.0448. The lowest BCUT2D eigenvalue weighted by Gasteiger charge is -2.34. The fourth-order valence-corrected chi connectivity index (χ4v) is 3.80. The highest BCUT2D eigenvalue weighted by molar-refractivity contribution is 6.36. The summed E-state index contributed by atoms with van der Waals surface area (Å²) in [4.78, 5) is 15.9. The largest absolute Gasteiger partial charge is 0.360 e. The van der Waals surface area contributed by atoms with Gasteiger partial charge in [-0.3, -0.25) is 4.79 Å². The standard InChI is InChI=1S/C19H20Cl3N3O/c1-13-2-3-15(21)11-18(13)25-8-6-24(7-9-25)12-19(26)23-17-5-4-14(20)10-16(17)22/h2-5,10-11H,6-9,12H2,1H3,(H,23,26)/p+1. The van der Waals surface area contributed by atoms with E-state index in [9.17, 15) is 4.79 Å². The minimum Gasteiger partial charge on any atom is -0.360 e. The molecule has 0 unspecified atom stereocenters. The maximum absolute atomic E-state index is 12.3. The SMILES string of the molecule is Cc1ccc(Cl)cc1N1CC[NH+](CC(=O)Nc2ccc(Cl)cc2Cl)CC1. The molecule has 2 aromatic carbocycles. The fourth-order valence-electron chi connectivity index (χ4n) is 3.18. The Labute approximate surface area is 168 Å². The van der Waals surface area contributed by atoms with Gasteiger partial charge >= 0.3 is 0 Å². The molecule has 2 N–H and O–H groups in total. The zero-order valence-electron chi connectivity index (χ0n) is 14.5. The number of rotatable bonds is 4. The predicted molar refractivity (Wildman–Crippen MR) is 109 cm³/mol. The third-order valence-electron chi connectivity index (χ3n) is 4.60. The maximum atomic E-state index is 12.3. The van der Waals surface area contributed by atoms with E-state index < -0.39 is 0 Å². The van der Waals surface area contributed by atoms with Crippen molar-refractivity contribution in [3.8, 4) is 0 Å². The molecular formula is C19H21Cl3N3O+. The number of hydrogen-bond donors (Lipinski definition) is 2. The first kappa shape index (κ1) is 19.3. The van der Waals surface area contributed by atoms with E-state index in [1.165, 1.54) is 16.2 Å². The molecule has 3 rings (SSSR count).